The zero-order valence-corrected chi connectivity index (χ0v) is 8.21. The maximum absolute atomic E-state index is 4.12. The lowest BCUT2D eigenvalue weighted by Crippen LogP contribution is -1.92. The van der Waals surface area contributed by atoms with Crippen LogP contribution in [0.25, 0.3) is 0 Å². The van der Waals surface area contributed by atoms with E-state index < -0.39 is 0 Å². The summed E-state index contributed by atoms with van der Waals surface area (Å²) in [6, 6.07) is 0. The largest absolute Gasteiger partial charge is 0.336 e. The Kier molecular flexibility index (Phi) is 3.18. The lowest BCUT2D eigenvalue weighted by Gasteiger charge is -1.96. The summed E-state index contributed by atoms with van der Waals surface area (Å²) in [6.07, 6.45) is 6.44. The lowest BCUT2D eigenvalue weighted by molar-refractivity contribution is 0.631. The number of unbranched alkanes of at least 4 members (excludes halogenated alkanes) is 1. The van der Waals surface area contributed by atoms with Gasteiger partial charge in [-0.05, 0) is 29.0 Å². The Balaban J connectivity index is 2.42. The molecule has 0 N–H and O–H groups in total. The highest BCUT2D eigenvalue weighted by molar-refractivity contribution is 14.1. The van der Waals surface area contributed by atoms with Crippen LogP contribution < -0.4 is 0 Å². The van der Waals surface area contributed by atoms with E-state index in [4.69, 9.17) is 0 Å². The molecule has 0 unspecified atom stereocenters. The van der Waals surface area contributed by atoms with Crippen LogP contribution in [0.2, 0.25) is 0 Å². The highest BCUT2D eigenvalue weighted by Crippen LogP contribution is 2.01. The van der Waals surface area contributed by atoms with Gasteiger partial charge in [-0.2, -0.15) is 0 Å². The minimum atomic E-state index is 1.08. The van der Waals surface area contributed by atoms with Gasteiger partial charge in [0.25, 0.3) is 0 Å². The van der Waals surface area contributed by atoms with Gasteiger partial charge in [-0.25, -0.2) is 4.98 Å². The van der Waals surface area contributed by atoms with Crippen LogP contribution in [-0.4, -0.2) is 9.55 Å². The molecule has 10 heavy (non-hydrogen) atoms. The quantitative estimate of drug-likeness (QED) is 0.752. The second kappa shape index (κ2) is 3.95. The molecule has 1 heterocycles. The first-order chi connectivity index (χ1) is 4.83. The van der Waals surface area contributed by atoms with Gasteiger partial charge in [-0.15, -0.1) is 0 Å². The van der Waals surface area contributed by atoms with Gasteiger partial charge < -0.3 is 4.57 Å². The summed E-state index contributed by atoms with van der Waals surface area (Å²) in [5.74, 6) is 0. The normalized spacial score (nSPS) is 10.2. The van der Waals surface area contributed by atoms with Crippen molar-refractivity contribution in [3.05, 3.63) is 16.2 Å². The number of aryl methyl sites for hydroxylation is 1. The van der Waals surface area contributed by atoms with Gasteiger partial charge in [0.05, 0.1) is 6.33 Å². The number of aromatic nitrogens is 2. The van der Waals surface area contributed by atoms with Gasteiger partial charge in [0.15, 0.2) is 0 Å². The van der Waals surface area contributed by atoms with Crippen molar-refractivity contribution in [1.29, 1.82) is 0 Å². The fourth-order valence-electron chi connectivity index (χ4n) is 0.796. The van der Waals surface area contributed by atoms with Crippen molar-refractivity contribution < 1.29 is 0 Å². The molecule has 0 radical (unpaired) electrons. The van der Waals surface area contributed by atoms with Gasteiger partial charge in [0, 0.05) is 12.7 Å². The number of halogens is 1. The van der Waals surface area contributed by atoms with Crippen molar-refractivity contribution in [2.45, 2.75) is 26.3 Å². The van der Waals surface area contributed by atoms with E-state index >= 15 is 0 Å². The van der Waals surface area contributed by atoms with Crippen LogP contribution in [0.15, 0.2) is 12.5 Å². The Morgan fingerprint density at radius 1 is 1.70 bits per heavy atom. The van der Waals surface area contributed by atoms with Crippen molar-refractivity contribution in [2.24, 2.45) is 0 Å². The molecular formula is C7H11IN2. The van der Waals surface area contributed by atoms with Crippen LogP contribution in [0.4, 0.5) is 0 Å². The first-order valence-corrected chi connectivity index (χ1v) is 4.58. The topological polar surface area (TPSA) is 17.8 Å². The molecule has 0 atom stereocenters. The Morgan fingerprint density at radius 2 is 2.50 bits per heavy atom. The Labute approximate surface area is 74.8 Å². The molecule has 0 amide bonds. The Morgan fingerprint density at radius 3 is 3.00 bits per heavy atom. The van der Waals surface area contributed by atoms with E-state index in [2.05, 4.69) is 45.3 Å². The summed E-state index contributed by atoms with van der Waals surface area (Å²) in [7, 11) is 0. The number of imidazole rings is 1. The minimum absolute atomic E-state index is 1.08. The summed E-state index contributed by atoms with van der Waals surface area (Å²) in [4.78, 5) is 4.12. The fraction of sp³-hybridized carbons (Fsp3) is 0.571. The van der Waals surface area contributed by atoms with Crippen molar-refractivity contribution in [1.82, 2.24) is 9.55 Å². The summed E-state index contributed by atoms with van der Waals surface area (Å²) >= 11 is 2.22. The first-order valence-electron chi connectivity index (χ1n) is 3.50. The van der Waals surface area contributed by atoms with E-state index in [1.54, 1.807) is 0 Å². The molecule has 3 heteroatoms. The summed E-state index contributed by atoms with van der Waals surface area (Å²) in [6.45, 7) is 3.30. The molecule has 1 aromatic heterocycles. The number of hydrogen-bond acceptors (Lipinski definition) is 1. The smallest absolute Gasteiger partial charge is 0.119 e. The predicted octanol–water partition coefficient (Wildman–Crippen LogP) is 2.29. The number of nitrogens with zero attached hydrogens (tertiary/aromatic N) is 2. The van der Waals surface area contributed by atoms with Gasteiger partial charge >= 0.3 is 0 Å². The highest BCUT2D eigenvalue weighted by atomic mass is 127. The molecular weight excluding hydrogens is 239 g/mol. The molecule has 0 spiro atoms. The molecule has 1 rings (SSSR count). The second-order valence-electron chi connectivity index (χ2n) is 2.29. The van der Waals surface area contributed by atoms with Gasteiger partial charge in [0.2, 0.25) is 0 Å². The SMILES string of the molecule is CCCCn1cnc(I)c1. The predicted molar refractivity (Wildman–Crippen MR) is 49.9 cm³/mol. The zero-order chi connectivity index (χ0) is 7.40. The van der Waals surface area contributed by atoms with E-state index in [1.165, 1.54) is 12.8 Å². The second-order valence-corrected chi connectivity index (χ2v) is 3.39. The minimum Gasteiger partial charge on any atom is -0.336 e. The van der Waals surface area contributed by atoms with E-state index in [0.717, 1.165) is 10.2 Å². The Hall–Kier alpha value is -0.0600. The Bertz CT molecular complexity index is 195. The molecule has 0 bridgehead atoms. The fourth-order valence-corrected chi connectivity index (χ4v) is 1.28. The average Bonchev–Trinajstić information content (AvgIpc) is 2.31. The standard InChI is InChI=1S/C7H11IN2/c1-2-3-4-10-5-7(8)9-6-10/h5-6H,2-4H2,1H3. The number of hydrogen-bond donors (Lipinski definition) is 0. The van der Waals surface area contributed by atoms with Gasteiger partial charge in [0.1, 0.15) is 3.70 Å². The average molecular weight is 250 g/mol. The molecule has 0 aliphatic heterocycles. The summed E-state index contributed by atoms with van der Waals surface area (Å²) in [5, 5.41) is 0. The van der Waals surface area contributed by atoms with E-state index in [9.17, 15) is 0 Å². The monoisotopic (exact) mass is 250 g/mol. The third-order valence-corrected chi connectivity index (χ3v) is 1.93. The third kappa shape index (κ3) is 2.28. The number of rotatable bonds is 3. The van der Waals surface area contributed by atoms with Crippen LogP contribution in [0.3, 0.4) is 0 Å². The lowest BCUT2D eigenvalue weighted by atomic mass is 10.3. The maximum atomic E-state index is 4.12. The first kappa shape index (κ1) is 8.04. The third-order valence-electron chi connectivity index (χ3n) is 1.37. The van der Waals surface area contributed by atoms with E-state index in [1.807, 2.05) is 6.33 Å². The van der Waals surface area contributed by atoms with Crippen LogP contribution >= 0.6 is 22.6 Å². The molecule has 56 valence electrons. The molecule has 0 saturated heterocycles. The summed E-state index contributed by atoms with van der Waals surface area (Å²) in [5.41, 5.74) is 0. The molecule has 0 aliphatic rings. The highest BCUT2D eigenvalue weighted by Gasteiger charge is 1.91. The van der Waals surface area contributed by atoms with Crippen molar-refractivity contribution in [3.8, 4) is 0 Å². The van der Waals surface area contributed by atoms with Gasteiger partial charge in [-0.1, -0.05) is 13.3 Å². The van der Waals surface area contributed by atoms with Crippen LogP contribution in [-0.2, 0) is 6.54 Å². The van der Waals surface area contributed by atoms with Crippen LogP contribution in [0, 0.1) is 3.70 Å². The summed E-state index contributed by atoms with van der Waals surface area (Å²) < 4.78 is 3.21. The molecule has 2 nitrogen and oxygen atoms in total. The van der Waals surface area contributed by atoms with E-state index in [0.29, 0.717) is 0 Å². The van der Waals surface area contributed by atoms with E-state index in [-0.39, 0.29) is 0 Å². The molecule has 0 aliphatic carbocycles. The molecule has 0 fully saturated rings. The van der Waals surface area contributed by atoms with Crippen molar-refractivity contribution in [2.75, 3.05) is 0 Å². The molecule has 1 aromatic rings. The zero-order valence-electron chi connectivity index (χ0n) is 6.05. The van der Waals surface area contributed by atoms with Gasteiger partial charge in [-0.3, -0.25) is 0 Å². The van der Waals surface area contributed by atoms with Crippen molar-refractivity contribution >= 4 is 22.6 Å². The van der Waals surface area contributed by atoms with Crippen LogP contribution in [0.5, 0.6) is 0 Å². The molecule has 0 saturated carbocycles. The maximum Gasteiger partial charge on any atom is 0.119 e. The van der Waals surface area contributed by atoms with Crippen molar-refractivity contribution in [3.63, 3.8) is 0 Å². The molecule has 0 aromatic carbocycles. The van der Waals surface area contributed by atoms with Crippen LogP contribution in [0.1, 0.15) is 19.8 Å².